The van der Waals surface area contributed by atoms with E-state index in [1.807, 2.05) is 6.07 Å². The lowest BCUT2D eigenvalue weighted by Gasteiger charge is -2.38. The van der Waals surface area contributed by atoms with Gasteiger partial charge in [0.25, 0.3) is 0 Å². The van der Waals surface area contributed by atoms with Crippen LogP contribution in [0.2, 0.25) is 5.02 Å². The lowest BCUT2D eigenvalue weighted by atomic mass is 9.79. The molecule has 1 atom stereocenters. The topological polar surface area (TPSA) is 12.0 Å². The quantitative estimate of drug-likeness (QED) is 0.821. The minimum atomic E-state index is -0.139. The van der Waals surface area contributed by atoms with Gasteiger partial charge < -0.3 is 5.32 Å². The summed E-state index contributed by atoms with van der Waals surface area (Å²) in [6, 6.07) is 16.8. The van der Waals surface area contributed by atoms with Crippen molar-refractivity contribution in [2.24, 2.45) is 0 Å². The van der Waals surface area contributed by atoms with Crippen LogP contribution >= 0.6 is 11.6 Å². The lowest BCUT2D eigenvalue weighted by molar-refractivity contribution is 0.415. The third-order valence-electron chi connectivity index (χ3n) is 3.83. The average Bonchev–Trinajstić information content (AvgIpc) is 2.41. The van der Waals surface area contributed by atoms with Crippen LogP contribution in [0.25, 0.3) is 0 Å². The van der Waals surface area contributed by atoms with Crippen molar-refractivity contribution in [1.29, 1.82) is 0 Å². The van der Waals surface area contributed by atoms with Gasteiger partial charge in [-0.15, -0.1) is 0 Å². The highest BCUT2D eigenvalue weighted by Gasteiger charge is 2.33. The third kappa shape index (κ3) is 1.84. The number of benzene rings is 2. The van der Waals surface area contributed by atoms with Gasteiger partial charge in [0.2, 0.25) is 0 Å². The second-order valence-electron chi connectivity index (χ2n) is 4.97. The van der Waals surface area contributed by atoms with Crippen LogP contribution in [0.5, 0.6) is 0 Å². The highest BCUT2D eigenvalue weighted by atomic mass is 35.5. The molecular formula is C16H16ClN. The van der Waals surface area contributed by atoms with E-state index < -0.39 is 0 Å². The first-order valence-corrected chi connectivity index (χ1v) is 6.67. The molecule has 92 valence electrons. The Morgan fingerprint density at radius 2 is 1.89 bits per heavy atom. The van der Waals surface area contributed by atoms with Gasteiger partial charge in [-0.1, -0.05) is 48.0 Å². The molecule has 0 radical (unpaired) electrons. The van der Waals surface area contributed by atoms with Gasteiger partial charge in [0.15, 0.2) is 0 Å². The average molecular weight is 258 g/mol. The minimum absolute atomic E-state index is 0.139. The third-order valence-corrected chi connectivity index (χ3v) is 4.07. The van der Waals surface area contributed by atoms with Crippen molar-refractivity contribution in [3.63, 3.8) is 0 Å². The molecule has 1 aliphatic heterocycles. The number of halogens is 1. The van der Waals surface area contributed by atoms with Gasteiger partial charge in [-0.05, 0) is 42.2 Å². The van der Waals surface area contributed by atoms with E-state index in [9.17, 15) is 0 Å². The monoisotopic (exact) mass is 257 g/mol. The van der Waals surface area contributed by atoms with Crippen LogP contribution in [0.4, 0.5) is 0 Å². The van der Waals surface area contributed by atoms with E-state index in [0.717, 1.165) is 18.0 Å². The molecule has 0 saturated carbocycles. The van der Waals surface area contributed by atoms with Crippen LogP contribution in [0.1, 0.15) is 23.6 Å². The van der Waals surface area contributed by atoms with Crippen LogP contribution in [-0.4, -0.2) is 6.54 Å². The molecular weight excluding hydrogens is 242 g/mol. The lowest BCUT2D eigenvalue weighted by Crippen LogP contribution is -2.45. The predicted molar refractivity (Wildman–Crippen MR) is 76.1 cm³/mol. The minimum Gasteiger partial charge on any atom is -0.304 e. The summed E-state index contributed by atoms with van der Waals surface area (Å²) in [5.74, 6) is 0. The van der Waals surface area contributed by atoms with Crippen LogP contribution in [0.3, 0.4) is 0 Å². The maximum absolute atomic E-state index is 6.16. The van der Waals surface area contributed by atoms with Crippen LogP contribution < -0.4 is 5.32 Å². The Kier molecular flexibility index (Phi) is 2.89. The van der Waals surface area contributed by atoms with Crippen molar-refractivity contribution in [1.82, 2.24) is 5.32 Å². The van der Waals surface area contributed by atoms with Crippen molar-refractivity contribution in [3.8, 4) is 0 Å². The molecule has 1 heterocycles. The van der Waals surface area contributed by atoms with Crippen LogP contribution in [0, 0.1) is 0 Å². The van der Waals surface area contributed by atoms with Crippen molar-refractivity contribution in [3.05, 3.63) is 70.2 Å². The molecule has 18 heavy (non-hydrogen) atoms. The predicted octanol–water partition coefficient (Wildman–Crippen LogP) is 3.75. The summed E-state index contributed by atoms with van der Waals surface area (Å²) in [6.07, 6.45) is 1.06. The summed E-state index contributed by atoms with van der Waals surface area (Å²) in [7, 11) is 0. The standard InChI is InChI=1S/C16H16ClN/c1-16(13-5-3-2-4-6-13)15-11-14(17)8-7-12(15)9-10-18-16/h2-8,11,18H,9-10H2,1H3. The van der Waals surface area contributed by atoms with Crippen molar-refractivity contribution in [2.45, 2.75) is 18.9 Å². The maximum Gasteiger partial charge on any atom is 0.0665 e. The molecule has 2 aromatic rings. The van der Waals surface area contributed by atoms with Gasteiger partial charge in [0, 0.05) is 11.6 Å². The van der Waals surface area contributed by atoms with Gasteiger partial charge in [-0.2, -0.15) is 0 Å². The maximum atomic E-state index is 6.16. The zero-order chi connectivity index (χ0) is 12.6. The second-order valence-corrected chi connectivity index (χ2v) is 5.41. The van der Waals surface area contributed by atoms with Gasteiger partial charge in [-0.25, -0.2) is 0 Å². The van der Waals surface area contributed by atoms with Gasteiger partial charge in [-0.3, -0.25) is 0 Å². The Balaban J connectivity index is 2.18. The Labute approximate surface area is 113 Å². The summed E-state index contributed by atoms with van der Waals surface area (Å²) in [6.45, 7) is 3.23. The smallest absolute Gasteiger partial charge is 0.0665 e. The van der Waals surface area contributed by atoms with Gasteiger partial charge in [0.1, 0.15) is 0 Å². The summed E-state index contributed by atoms with van der Waals surface area (Å²) in [5, 5.41) is 4.44. The highest BCUT2D eigenvalue weighted by molar-refractivity contribution is 6.30. The number of hydrogen-bond acceptors (Lipinski definition) is 1. The zero-order valence-corrected chi connectivity index (χ0v) is 11.2. The largest absolute Gasteiger partial charge is 0.304 e. The van der Waals surface area contributed by atoms with E-state index in [1.54, 1.807) is 0 Å². The number of rotatable bonds is 1. The molecule has 0 bridgehead atoms. The molecule has 3 rings (SSSR count). The van der Waals surface area contributed by atoms with Crippen molar-refractivity contribution >= 4 is 11.6 Å². The number of fused-ring (bicyclic) bond motifs is 1. The fourth-order valence-corrected chi connectivity index (χ4v) is 2.98. The van der Waals surface area contributed by atoms with Gasteiger partial charge >= 0.3 is 0 Å². The first-order valence-electron chi connectivity index (χ1n) is 6.29. The van der Waals surface area contributed by atoms with E-state index in [1.165, 1.54) is 16.7 Å². The van der Waals surface area contributed by atoms with Crippen LogP contribution in [-0.2, 0) is 12.0 Å². The molecule has 2 aromatic carbocycles. The molecule has 0 amide bonds. The molecule has 1 aliphatic rings. The molecule has 0 spiro atoms. The van der Waals surface area contributed by atoms with E-state index in [4.69, 9.17) is 11.6 Å². The number of hydrogen-bond donors (Lipinski definition) is 1. The van der Waals surface area contributed by atoms with E-state index >= 15 is 0 Å². The highest BCUT2D eigenvalue weighted by Crippen LogP contribution is 2.35. The Hall–Kier alpha value is -1.31. The Morgan fingerprint density at radius 3 is 2.67 bits per heavy atom. The molecule has 0 saturated heterocycles. The second kappa shape index (κ2) is 4.42. The van der Waals surface area contributed by atoms with Crippen LogP contribution in [0.15, 0.2) is 48.5 Å². The van der Waals surface area contributed by atoms with Crippen molar-refractivity contribution < 1.29 is 0 Å². The molecule has 1 N–H and O–H groups in total. The van der Waals surface area contributed by atoms with Gasteiger partial charge in [0.05, 0.1) is 5.54 Å². The van der Waals surface area contributed by atoms with Crippen molar-refractivity contribution in [2.75, 3.05) is 6.54 Å². The fraction of sp³-hybridized carbons (Fsp3) is 0.250. The molecule has 0 aliphatic carbocycles. The normalized spacial score (nSPS) is 22.6. The van der Waals surface area contributed by atoms with E-state index in [2.05, 4.69) is 54.7 Å². The van der Waals surface area contributed by atoms with E-state index in [0.29, 0.717) is 0 Å². The SMILES string of the molecule is CC1(c2ccccc2)NCCc2ccc(Cl)cc21. The Bertz CT molecular complexity index is 565. The Morgan fingerprint density at radius 1 is 1.11 bits per heavy atom. The molecule has 1 nitrogen and oxygen atoms in total. The molecule has 0 aromatic heterocycles. The zero-order valence-electron chi connectivity index (χ0n) is 10.4. The summed E-state index contributed by atoms with van der Waals surface area (Å²) >= 11 is 6.16. The molecule has 2 heteroatoms. The summed E-state index contributed by atoms with van der Waals surface area (Å²) < 4.78 is 0. The summed E-state index contributed by atoms with van der Waals surface area (Å²) in [4.78, 5) is 0. The molecule has 1 unspecified atom stereocenters. The first-order chi connectivity index (χ1) is 8.70. The first kappa shape index (κ1) is 11.8. The number of nitrogens with one attached hydrogen (secondary N) is 1. The summed E-state index contributed by atoms with van der Waals surface area (Å²) in [5.41, 5.74) is 3.84. The van der Waals surface area contributed by atoms with E-state index in [-0.39, 0.29) is 5.54 Å². The molecule has 0 fully saturated rings. The fourth-order valence-electron chi connectivity index (χ4n) is 2.80.